The minimum absolute atomic E-state index is 0.574. The van der Waals surface area contributed by atoms with Crippen molar-refractivity contribution >= 4 is 16.5 Å². The predicted molar refractivity (Wildman–Crippen MR) is 217 cm³/mol. The van der Waals surface area contributed by atoms with E-state index in [0.29, 0.717) is 0 Å². The maximum absolute atomic E-state index is 7.11. The maximum atomic E-state index is 7.11. The van der Waals surface area contributed by atoms with Crippen LogP contribution in [-0.2, 0) is 5.41 Å². The molecule has 11 rings (SSSR count). The van der Waals surface area contributed by atoms with Crippen LogP contribution >= 0.6 is 0 Å². The Morgan fingerprint density at radius 1 is 0.519 bits per heavy atom. The molecule has 1 spiro atoms. The lowest BCUT2D eigenvalue weighted by atomic mass is 9.66. The molecule has 3 aliphatic rings. The molecule has 0 unspecified atom stereocenters. The van der Waals surface area contributed by atoms with Crippen LogP contribution in [0, 0.1) is 0 Å². The number of nitrogens with zero attached hydrogens (tertiary/aromatic N) is 3. The first-order valence-electron chi connectivity index (χ1n) is 18.6. The van der Waals surface area contributed by atoms with Gasteiger partial charge >= 0.3 is 0 Å². The highest BCUT2D eigenvalue weighted by atomic mass is 16.5. The van der Waals surface area contributed by atoms with Crippen molar-refractivity contribution in [3.05, 3.63) is 204 Å². The molecule has 0 atom stereocenters. The Morgan fingerprint density at radius 3 is 1.91 bits per heavy atom. The summed E-state index contributed by atoms with van der Waals surface area (Å²) in [5, 5.41) is 1.11. The summed E-state index contributed by atoms with van der Waals surface area (Å²) in [4.78, 5) is 15.1. The molecule has 3 heterocycles. The van der Waals surface area contributed by atoms with E-state index in [9.17, 15) is 0 Å². The Labute approximate surface area is 313 Å². The van der Waals surface area contributed by atoms with Crippen LogP contribution in [0.1, 0.15) is 40.9 Å². The van der Waals surface area contributed by atoms with Gasteiger partial charge in [0.15, 0.2) is 5.82 Å². The molecule has 2 aliphatic carbocycles. The van der Waals surface area contributed by atoms with Gasteiger partial charge in [-0.1, -0.05) is 146 Å². The lowest BCUT2D eigenvalue weighted by Crippen LogP contribution is -2.32. The van der Waals surface area contributed by atoms with Crippen LogP contribution in [0.15, 0.2) is 176 Å². The fourth-order valence-electron chi connectivity index (χ4n) is 8.86. The number of benzene rings is 6. The van der Waals surface area contributed by atoms with Crippen molar-refractivity contribution in [2.45, 2.75) is 18.3 Å². The highest BCUT2D eigenvalue weighted by Gasteiger charge is 2.51. The third kappa shape index (κ3) is 4.60. The molecular formula is C50H33N3O. The number of ether oxygens (including phenoxy) is 1. The number of para-hydroxylation sites is 1. The Balaban J connectivity index is 1.15. The molecule has 54 heavy (non-hydrogen) atoms. The first kappa shape index (κ1) is 30.7. The molecular weight excluding hydrogens is 659 g/mol. The lowest BCUT2D eigenvalue weighted by Gasteiger charge is -2.39. The zero-order valence-corrected chi connectivity index (χ0v) is 29.4. The molecule has 4 nitrogen and oxygen atoms in total. The van der Waals surface area contributed by atoms with Gasteiger partial charge in [0.05, 0.1) is 22.3 Å². The molecule has 8 aromatic rings. The second-order valence-electron chi connectivity index (χ2n) is 14.2. The fraction of sp³-hybridized carbons (Fsp3) is 0.0600. The smallest absolute Gasteiger partial charge is 0.156 e. The fourth-order valence-corrected chi connectivity index (χ4v) is 8.86. The average molecular weight is 692 g/mol. The number of rotatable bonds is 4. The van der Waals surface area contributed by atoms with Crippen LogP contribution in [0.4, 0.5) is 0 Å². The van der Waals surface area contributed by atoms with E-state index in [1.165, 1.54) is 22.3 Å². The number of allylic oxidation sites excluding steroid dienone is 4. The Bertz CT molecular complexity index is 2820. The number of aromatic nitrogens is 3. The minimum atomic E-state index is -0.574. The third-order valence-electron chi connectivity index (χ3n) is 11.3. The number of hydrogen-bond donors (Lipinski definition) is 0. The zero-order chi connectivity index (χ0) is 35.6. The highest BCUT2D eigenvalue weighted by Crippen LogP contribution is 2.62. The molecule has 0 amide bonds. The molecule has 0 radical (unpaired) electrons. The first-order chi connectivity index (χ1) is 26.8. The molecule has 4 heteroatoms. The summed E-state index contributed by atoms with van der Waals surface area (Å²) in [5.41, 5.74) is 14.8. The standard InChI is InChI=1S/C50H33N3O/c1-3-13-32(14-4-1)44-31-45(53-49(52-44)34-15-5-2-6-16-34)36-25-27-43-47(30-36)54-46-29-35(37-21-11-17-33-18-12-28-51-48(33)37)24-26-42(46)50(43)40-22-9-7-19-38(40)39-20-8-10-23-41(39)50/h1-5,7-15,17-31H,6,16H2. The maximum Gasteiger partial charge on any atom is 0.156 e. The number of pyridine rings is 1. The second kappa shape index (κ2) is 12.1. The number of fused-ring (bicyclic) bond motifs is 10. The summed E-state index contributed by atoms with van der Waals surface area (Å²) in [6.07, 6.45) is 10.2. The normalized spacial score (nSPS) is 14.5. The minimum Gasteiger partial charge on any atom is -0.457 e. The molecule has 0 saturated heterocycles. The molecule has 6 aromatic carbocycles. The molecule has 2 aromatic heterocycles. The predicted octanol–water partition coefficient (Wildman–Crippen LogP) is 12.2. The van der Waals surface area contributed by atoms with E-state index in [1.807, 2.05) is 18.3 Å². The first-order valence-corrected chi connectivity index (χ1v) is 18.6. The zero-order valence-electron chi connectivity index (χ0n) is 29.4. The SMILES string of the molecule is C1=CCCC(c2nc(-c3ccccc3)cc(-c3ccc4c(c3)Oc3cc(-c5cccc6cccnc56)ccc3C43c4ccccc4-c4ccccc43)n2)=C1. The van der Waals surface area contributed by atoms with Crippen molar-refractivity contribution in [3.63, 3.8) is 0 Å². The van der Waals surface area contributed by atoms with Gasteiger partial charge in [0.1, 0.15) is 11.5 Å². The quantitative estimate of drug-likeness (QED) is 0.184. The van der Waals surface area contributed by atoms with E-state index in [-0.39, 0.29) is 0 Å². The van der Waals surface area contributed by atoms with Gasteiger partial charge in [-0.2, -0.15) is 0 Å². The van der Waals surface area contributed by atoms with Crippen LogP contribution in [0.5, 0.6) is 11.5 Å². The van der Waals surface area contributed by atoms with Crippen molar-refractivity contribution in [1.29, 1.82) is 0 Å². The Kier molecular flexibility index (Phi) is 6.86. The van der Waals surface area contributed by atoms with Gasteiger partial charge in [0.2, 0.25) is 0 Å². The van der Waals surface area contributed by atoms with Crippen LogP contribution in [0.3, 0.4) is 0 Å². The summed E-state index contributed by atoms with van der Waals surface area (Å²) in [5.74, 6) is 2.42. The van der Waals surface area contributed by atoms with E-state index in [2.05, 4.69) is 158 Å². The average Bonchev–Trinajstić information content (AvgIpc) is 3.54. The Hall–Kier alpha value is -6.91. The van der Waals surface area contributed by atoms with Crippen molar-refractivity contribution in [2.75, 3.05) is 0 Å². The van der Waals surface area contributed by atoms with Crippen molar-refractivity contribution in [2.24, 2.45) is 0 Å². The molecule has 0 N–H and O–H groups in total. The van der Waals surface area contributed by atoms with Gasteiger partial charge in [-0.05, 0) is 70.5 Å². The van der Waals surface area contributed by atoms with Gasteiger partial charge < -0.3 is 4.74 Å². The number of hydrogen-bond acceptors (Lipinski definition) is 4. The van der Waals surface area contributed by atoms with Crippen LogP contribution in [0.2, 0.25) is 0 Å². The van der Waals surface area contributed by atoms with Gasteiger partial charge in [-0.3, -0.25) is 4.98 Å². The molecule has 0 fully saturated rings. The van der Waals surface area contributed by atoms with Gasteiger partial charge in [0.25, 0.3) is 0 Å². The van der Waals surface area contributed by atoms with E-state index in [4.69, 9.17) is 19.7 Å². The molecule has 1 aliphatic heterocycles. The monoisotopic (exact) mass is 691 g/mol. The second-order valence-corrected chi connectivity index (χ2v) is 14.2. The van der Waals surface area contributed by atoms with Crippen molar-refractivity contribution < 1.29 is 4.74 Å². The molecule has 0 bridgehead atoms. The van der Waals surface area contributed by atoms with E-state index in [0.717, 1.165) is 91.4 Å². The van der Waals surface area contributed by atoms with Crippen molar-refractivity contribution in [1.82, 2.24) is 15.0 Å². The van der Waals surface area contributed by atoms with E-state index >= 15 is 0 Å². The third-order valence-corrected chi connectivity index (χ3v) is 11.3. The summed E-state index contributed by atoms with van der Waals surface area (Å²) in [7, 11) is 0. The van der Waals surface area contributed by atoms with E-state index < -0.39 is 5.41 Å². The van der Waals surface area contributed by atoms with Crippen LogP contribution in [-0.4, -0.2) is 15.0 Å². The van der Waals surface area contributed by atoms with Crippen LogP contribution < -0.4 is 4.74 Å². The van der Waals surface area contributed by atoms with Crippen LogP contribution in [0.25, 0.3) is 61.2 Å². The van der Waals surface area contributed by atoms with E-state index in [1.54, 1.807) is 0 Å². The summed E-state index contributed by atoms with van der Waals surface area (Å²) < 4.78 is 7.11. The largest absolute Gasteiger partial charge is 0.457 e. The van der Waals surface area contributed by atoms with Gasteiger partial charge in [-0.15, -0.1) is 0 Å². The summed E-state index contributed by atoms with van der Waals surface area (Å²) in [6, 6.07) is 54.0. The topological polar surface area (TPSA) is 47.9 Å². The summed E-state index contributed by atoms with van der Waals surface area (Å²) in [6.45, 7) is 0. The summed E-state index contributed by atoms with van der Waals surface area (Å²) >= 11 is 0. The van der Waals surface area contributed by atoms with Gasteiger partial charge in [-0.25, -0.2) is 9.97 Å². The Morgan fingerprint density at radius 2 is 1.17 bits per heavy atom. The highest BCUT2D eigenvalue weighted by molar-refractivity contribution is 5.95. The van der Waals surface area contributed by atoms with Gasteiger partial charge in [0, 0.05) is 39.4 Å². The van der Waals surface area contributed by atoms with Crippen molar-refractivity contribution in [3.8, 4) is 56.3 Å². The molecule has 254 valence electrons. The molecule has 0 saturated carbocycles. The lowest BCUT2D eigenvalue weighted by molar-refractivity contribution is 0.437.